The third-order valence-corrected chi connectivity index (χ3v) is 8.40. The predicted molar refractivity (Wildman–Crippen MR) is 156 cm³/mol. The third kappa shape index (κ3) is 8.57. The molecule has 0 radical (unpaired) electrons. The zero-order valence-electron chi connectivity index (χ0n) is 22.0. The van der Waals surface area contributed by atoms with E-state index in [4.69, 9.17) is 16.6 Å². The van der Waals surface area contributed by atoms with Gasteiger partial charge in [0.1, 0.15) is 0 Å². The number of nitrogens with zero attached hydrogens (tertiary/aromatic N) is 2. The highest BCUT2D eigenvalue weighted by Gasteiger charge is 2.22. The maximum absolute atomic E-state index is 11.2. The summed E-state index contributed by atoms with van der Waals surface area (Å²) < 4.78 is 0. The summed E-state index contributed by atoms with van der Waals surface area (Å²) in [5.41, 5.74) is 5.33. The lowest BCUT2D eigenvalue weighted by atomic mass is 9.83. The van der Waals surface area contributed by atoms with Crippen molar-refractivity contribution in [3.05, 3.63) is 107 Å². The van der Waals surface area contributed by atoms with Crippen LogP contribution >= 0.6 is 23.4 Å². The van der Waals surface area contributed by atoms with Crippen molar-refractivity contribution >= 4 is 40.2 Å². The fraction of sp³-hybridized carbons (Fsp3) is 0.344. The van der Waals surface area contributed by atoms with Gasteiger partial charge in [0.25, 0.3) is 0 Å². The molecule has 4 aromatic rings. The van der Waals surface area contributed by atoms with E-state index in [1.54, 1.807) is 0 Å². The number of halogens is 1. The quantitative estimate of drug-likeness (QED) is 0.180. The standard InChI is InChI=1S/C32H35ClN2O2S/c1-32(2,22-31(36)37)17-15-30(38-19-16-27-8-3-4-18-34-27)25-7-5-6-23(20-25)9-13-28-14-11-24-10-12-26(33)21-29(24)35-28/h3-8,10-12,14,18,20-21,30H,9,13,15-17,19,22H2,1-2H3,(H,36,37)/p-1/t30-/m0/s1. The molecular weight excluding hydrogens is 512 g/mol. The van der Waals surface area contributed by atoms with E-state index in [-0.39, 0.29) is 17.1 Å². The molecule has 0 saturated heterocycles. The molecule has 4 nitrogen and oxygen atoms in total. The van der Waals surface area contributed by atoms with Gasteiger partial charge >= 0.3 is 0 Å². The van der Waals surface area contributed by atoms with Crippen LogP contribution in [0.4, 0.5) is 0 Å². The Hall–Kier alpha value is -2.89. The summed E-state index contributed by atoms with van der Waals surface area (Å²) >= 11 is 8.09. The van der Waals surface area contributed by atoms with E-state index >= 15 is 0 Å². The molecule has 6 heteroatoms. The normalized spacial score (nSPS) is 12.5. The van der Waals surface area contributed by atoms with Crippen molar-refractivity contribution in [2.24, 2.45) is 5.41 Å². The first kappa shape index (κ1) is 28.1. The molecule has 198 valence electrons. The number of aliphatic carboxylic acids is 1. The number of rotatable bonds is 13. The molecule has 38 heavy (non-hydrogen) atoms. The van der Waals surface area contributed by atoms with E-state index in [1.807, 2.05) is 62.1 Å². The SMILES string of the molecule is CC(C)(CC[C@H](SCCc1ccccn1)c1cccc(CCc2ccc3ccc(Cl)cc3n2)c1)CC(=O)[O-]. The van der Waals surface area contributed by atoms with Crippen LogP contribution in [0.15, 0.2) is 79.0 Å². The second-order valence-electron chi connectivity index (χ2n) is 10.6. The Kier molecular flexibility index (Phi) is 9.81. The maximum atomic E-state index is 11.2. The topological polar surface area (TPSA) is 65.9 Å². The minimum absolute atomic E-state index is 0.0718. The van der Waals surface area contributed by atoms with Crippen LogP contribution in [0.2, 0.25) is 5.02 Å². The van der Waals surface area contributed by atoms with Gasteiger partial charge in [-0.05, 0) is 91.2 Å². The lowest BCUT2D eigenvalue weighted by molar-refractivity contribution is -0.308. The summed E-state index contributed by atoms with van der Waals surface area (Å²) in [7, 11) is 0. The highest BCUT2D eigenvalue weighted by Crippen LogP contribution is 2.38. The van der Waals surface area contributed by atoms with E-state index in [0.717, 1.165) is 60.1 Å². The van der Waals surface area contributed by atoms with Crippen molar-refractivity contribution in [1.82, 2.24) is 9.97 Å². The smallest absolute Gasteiger partial charge is 0.0720 e. The summed E-state index contributed by atoms with van der Waals surface area (Å²) in [6.45, 7) is 4.02. The number of thioether (sulfide) groups is 1. The van der Waals surface area contributed by atoms with Gasteiger partial charge in [0.2, 0.25) is 0 Å². The Labute approximate surface area is 234 Å². The summed E-state index contributed by atoms with van der Waals surface area (Å²) in [5.74, 6) is -0.0305. The molecule has 4 rings (SSSR count). The van der Waals surface area contributed by atoms with Crippen molar-refractivity contribution in [1.29, 1.82) is 0 Å². The number of carboxylic acids is 1. The lowest BCUT2D eigenvalue weighted by Crippen LogP contribution is -2.29. The van der Waals surface area contributed by atoms with Crippen LogP contribution in [0.25, 0.3) is 10.9 Å². The lowest BCUT2D eigenvalue weighted by Gasteiger charge is -2.28. The number of hydrogen-bond donors (Lipinski definition) is 0. The van der Waals surface area contributed by atoms with Crippen LogP contribution in [0.1, 0.15) is 60.9 Å². The summed E-state index contributed by atoms with van der Waals surface area (Å²) in [6.07, 6.45) is 6.28. The predicted octanol–water partition coefficient (Wildman–Crippen LogP) is 7.03. The number of hydrogen-bond acceptors (Lipinski definition) is 5. The van der Waals surface area contributed by atoms with E-state index in [9.17, 15) is 9.90 Å². The van der Waals surface area contributed by atoms with Gasteiger partial charge in [-0.25, -0.2) is 0 Å². The van der Waals surface area contributed by atoms with Gasteiger partial charge in [0.05, 0.1) is 5.52 Å². The van der Waals surface area contributed by atoms with E-state index < -0.39 is 5.97 Å². The van der Waals surface area contributed by atoms with E-state index in [2.05, 4.69) is 47.4 Å². The first-order valence-corrected chi connectivity index (χ1v) is 14.6. The van der Waals surface area contributed by atoms with Gasteiger partial charge in [0.15, 0.2) is 0 Å². The van der Waals surface area contributed by atoms with Crippen LogP contribution < -0.4 is 5.11 Å². The van der Waals surface area contributed by atoms with Crippen molar-refractivity contribution in [2.75, 3.05) is 5.75 Å². The second-order valence-corrected chi connectivity index (χ2v) is 12.3. The molecule has 0 aliphatic carbocycles. The molecule has 0 fully saturated rings. The van der Waals surface area contributed by atoms with Crippen molar-refractivity contribution in [2.45, 2.75) is 57.6 Å². The fourth-order valence-corrected chi connectivity index (χ4v) is 6.09. The summed E-state index contributed by atoms with van der Waals surface area (Å²) in [4.78, 5) is 20.5. The average Bonchev–Trinajstić information content (AvgIpc) is 2.89. The highest BCUT2D eigenvalue weighted by molar-refractivity contribution is 7.99. The molecule has 2 aromatic heterocycles. The van der Waals surface area contributed by atoms with Crippen molar-refractivity contribution < 1.29 is 9.90 Å². The minimum atomic E-state index is -0.985. The number of carboxylic acid groups (broad SMARTS) is 1. The molecule has 2 aromatic carbocycles. The Balaban J connectivity index is 1.45. The Morgan fingerprint density at radius 1 is 0.974 bits per heavy atom. The Morgan fingerprint density at radius 3 is 2.61 bits per heavy atom. The number of aryl methyl sites for hydroxylation is 3. The molecular formula is C32H34ClN2O2S-. The molecule has 0 bridgehead atoms. The first-order valence-electron chi connectivity index (χ1n) is 13.1. The number of fused-ring (bicyclic) bond motifs is 1. The van der Waals surface area contributed by atoms with Gasteiger partial charge in [-0.1, -0.05) is 67.9 Å². The average molecular weight is 546 g/mol. The fourth-order valence-electron chi connectivity index (χ4n) is 4.69. The van der Waals surface area contributed by atoms with Gasteiger partial charge in [0, 0.05) is 39.2 Å². The largest absolute Gasteiger partial charge is 0.550 e. The molecule has 1 atom stereocenters. The number of carbonyl (C=O) groups excluding carboxylic acids is 1. The number of benzene rings is 2. The number of pyridine rings is 2. The van der Waals surface area contributed by atoms with Crippen LogP contribution in [0.5, 0.6) is 0 Å². The van der Waals surface area contributed by atoms with Gasteiger partial charge in [-0.2, -0.15) is 11.8 Å². The zero-order valence-corrected chi connectivity index (χ0v) is 23.6. The van der Waals surface area contributed by atoms with Gasteiger partial charge < -0.3 is 9.90 Å². The first-order chi connectivity index (χ1) is 18.3. The molecule has 0 aliphatic rings. The van der Waals surface area contributed by atoms with Crippen LogP contribution in [-0.2, 0) is 24.1 Å². The van der Waals surface area contributed by atoms with Gasteiger partial charge in [-0.3, -0.25) is 9.97 Å². The van der Waals surface area contributed by atoms with Crippen LogP contribution in [0.3, 0.4) is 0 Å². The maximum Gasteiger partial charge on any atom is 0.0720 e. The third-order valence-electron chi connectivity index (χ3n) is 6.81. The summed E-state index contributed by atoms with van der Waals surface area (Å²) in [6, 6.07) is 24.8. The zero-order chi connectivity index (χ0) is 27.0. The van der Waals surface area contributed by atoms with Crippen molar-refractivity contribution in [3.63, 3.8) is 0 Å². The Bertz CT molecular complexity index is 1360. The second kappa shape index (κ2) is 13.3. The molecule has 0 aliphatic heterocycles. The highest BCUT2D eigenvalue weighted by atomic mass is 35.5. The van der Waals surface area contributed by atoms with Crippen molar-refractivity contribution in [3.8, 4) is 0 Å². The van der Waals surface area contributed by atoms with E-state index in [0.29, 0.717) is 5.02 Å². The van der Waals surface area contributed by atoms with Crippen LogP contribution in [0, 0.1) is 5.41 Å². The Morgan fingerprint density at radius 2 is 1.82 bits per heavy atom. The molecule has 0 spiro atoms. The van der Waals surface area contributed by atoms with E-state index in [1.165, 1.54) is 11.1 Å². The minimum Gasteiger partial charge on any atom is -0.550 e. The number of carbonyl (C=O) groups is 1. The monoisotopic (exact) mass is 545 g/mol. The molecule has 0 unspecified atom stereocenters. The molecule has 0 N–H and O–H groups in total. The molecule has 0 saturated carbocycles. The molecule has 0 amide bonds. The number of aromatic nitrogens is 2. The van der Waals surface area contributed by atoms with Gasteiger partial charge in [-0.15, -0.1) is 0 Å². The molecule has 2 heterocycles. The van der Waals surface area contributed by atoms with Crippen LogP contribution in [-0.4, -0.2) is 21.7 Å². The summed E-state index contributed by atoms with van der Waals surface area (Å²) in [5, 5.41) is 13.3.